The number of halogens is 4. The zero-order valence-electron chi connectivity index (χ0n) is 12.3. The molecule has 2 heterocycles. The molecule has 3 N–H and O–H groups in total. The summed E-state index contributed by atoms with van der Waals surface area (Å²) in [5, 5.41) is 10.1. The molecule has 4 nitrogen and oxygen atoms in total. The molecule has 0 aliphatic rings. The Bertz CT molecular complexity index is 873. The van der Waals surface area contributed by atoms with Crippen molar-refractivity contribution in [2.45, 2.75) is 11.8 Å². The minimum absolute atomic E-state index is 0.196. The lowest BCUT2D eigenvalue weighted by atomic mass is 10.0. The van der Waals surface area contributed by atoms with Crippen molar-refractivity contribution in [3.63, 3.8) is 0 Å². The molecule has 2 aromatic heterocycles. The van der Waals surface area contributed by atoms with Crippen molar-refractivity contribution in [2.24, 2.45) is 5.73 Å². The number of alkyl halides is 3. The first-order chi connectivity index (χ1) is 11.3. The van der Waals surface area contributed by atoms with Crippen LogP contribution < -0.4 is 5.73 Å². The predicted molar refractivity (Wildman–Crippen MR) is 79.6 cm³/mol. The van der Waals surface area contributed by atoms with Gasteiger partial charge >= 0.3 is 6.18 Å². The lowest BCUT2D eigenvalue weighted by Gasteiger charge is -2.27. The Kier molecular flexibility index (Phi) is 3.81. The van der Waals surface area contributed by atoms with Crippen LogP contribution in [0.15, 0.2) is 48.7 Å². The fourth-order valence-corrected chi connectivity index (χ4v) is 2.48. The summed E-state index contributed by atoms with van der Waals surface area (Å²) in [4.78, 5) is 3.99. The number of hydrogen-bond donors (Lipinski definition) is 2. The van der Waals surface area contributed by atoms with E-state index in [1.807, 2.05) is 0 Å². The Hall–Kier alpha value is -2.45. The lowest BCUT2D eigenvalue weighted by Crippen LogP contribution is -2.49. The lowest BCUT2D eigenvalue weighted by molar-refractivity contribution is -0.265. The van der Waals surface area contributed by atoms with Gasteiger partial charge in [0.15, 0.2) is 5.82 Å². The van der Waals surface area contributed by atoms with Crippen molar-refractivity contribution in [1.29, 1.82) is 0 Å². The van der Waals surface area contributed by atoms with E-state index in [4.69, 9.17) is 5.73 Å². The number of benzene rings is 1. The fraction of sp³-hybridized carbons (Fsp3) is 0.188. The quantitative estimate of drug-likeness (QED) is 0.721. The van der Waals surface area contributed by atoms with Crippen LogP contribution in [0, 0.1) is 5.82 Å². The molecule has 1 aromatic carbocycles. The van der Waals surface area contributed by atoms with E-state index >= 15 is 0 Å². The molecule has 24 heavy (non-hydrogen) atoms. The van der Waals surface area contributed by atoms with E-state index < -0.39 is 30.0 Å². The van der Waals surface area contributed by atoms with Gasteiger partial charge in [0.05, 0.1) is 11.2 Å². The van der Waals surface area contributed by atoms with Crippen LogP contribution in [0.3, 0.4) is 0 Å². The molecule has 0 amide bonds. The molecule has 8 heteroatoms. The monoisotopic (exact) mass is 339 g/mol. The van der Waals surface area contributed by atoms with Crippen molar-refractivity contribution < 1.29 is 22.7 Å². The zero-order valence-corrected chi connectivity index (χ0v) is 12.3. The largest absolute Gasteiger partial charge is 0.425 e. The van der Waals surface area contributed by atoms with Gasteiger partial charge in [0.25, 0.3) is 0 Å². The summed E-state index contributed by atoms with van der Waals surface area (Å²) < 4.78 is 54.3. The first-order valence-corrected chi connectivity index (χ1v) is 7.00. The second-order valence-electron chi connectivity index (χ2n) is 5.31. The molecule has 126 valence electrons. The van der Waals surface area contributed by atoms with Crippen LogP contribution in [0.2, 0.25) is 0 Å². The van der Waals surface area contributed by atoms with Crippen LogP contribution in [0.4, 0.5) is 17.6 Å². The molecule has 0 aliphatic carbocycles. The first-order valence-electron chi connectivity index (χ1n) is 7.00. The average Bonchev–Trinajstić information content (AvgIpc) is 2.94. The molecule has 0 radical (unpaired) electrons. The Morgan fingerprint density at radius 2 is 1.75 bits per heavy atom. The summed E-state index contributed by atoms with van der Waals surface area (Å²) in [5.41, 5.74) is 2.88. The number of fused-ring (bicyclic) bond motifs is 1. The highest BCUT2D eigenvalue weighted by Crippen LogP contribution is 2.39. The average molecular weight is 339 g/mol. The number of aromatic nitrogens is 2. The van der Waals surface area contributed by atoms with Gasteiger partial charge in [-0.1, -0.05) is 6.07 Å². The van der Waals surface area contributed by atoms with Crippen LogP contribution in [-0.2, 0) is 5.60 Å². The topological polar surface area (TPSA) is 63.5 Å². The highest BCUT2D eigenvalue weighted by Gasteiger charge is 2.57. The van der Waals surface area contributed by atoms with Crippen LogP contribution in [0.1, 0.15) is 5.82 Å². The van der Waals surface area contributed by atoms with E-state index in [2.05, 4.69) is 4.98 Å². The summed E-state index contributed by atoms with van der Waals surface area (Å²) >= 11 is 0. The highest BCUT2D eigenvalue weighted by molar-refractivity contribution is 5.77. The van der Waals surface area contributed by atoms with Gasteiger partial charge in [-0.05, 0) is 36.4 Å². The van der Waals surface area contributed by atoms with Gasteiger partial charge in [-0.25, -0.2) is 9.37 Å². The Balaban J connectivity index is 2.30. The van der Waals surface area contributed by atoms with Gasteiger partial charge in [-0.2, -0.15) is 13.2 Å². The molecule has 0 saturated carbocycles. The number of pyridine rings is 1. The van der Waals surface area contributed by atoms with Crippen LogP contribution in [-0.4, -0.2) is 27.2 Å². The number of nitrogens with zero attached hydrogens (tertiary/aromatic N) is 2. The summed E-state index contributed by atoms with van der Waals surface area (Å²) in [7, 11) is 0. The third kappa shape index (κ3) is 2.44. The Labute approximate surface area is 134 Å². The van der Waals surface area contributed by atoms with E-state index in [0.29, 0.717) is 11.1 Å². The van der Waals surface area contributed by atoms with Gasteiger partial charge < -0.3 is 15.2 Å². The van der Waals surface area contributed by atoms with E-state index in [0.717, 1.165) is 4.40 Å². The van der Waals surface area contributed by atoms with Gasteiger partial charge in [0.1, 0.15) is 5.82 Å². The molecule has 1 atom stereocenters. The molecule has 0 saturated heterocycles. The number of aliphatic hydroxyl groups is 1. The Morgan fingerprint density at radius 3 is 2.33 bits per heavy atom. The summed E-state index contributed by atoms with van der Waals surface area (Å²) in [6.45, 7) is -1.08. The maximum absolute atomic E-state index is 13.3. The van der Waals surface area contributed by atoms with Gasteiger partial charge in [0, 0.05) is 18.3 Å². The van der Waals surface area contributed by atoms with Gasteiger partial charge in [-0.3, -0.25) is 0 Å². The standard InChI is InChI=1S/C16H13F4N3O/c17-11-6-4-10(5-7-11)13-12-3-1-2-8-23(12)14(22-13)15(24,9-21)16(18,19)20/h1-8,24H,9,21H2. The maximum atomic E-state index is 13.3. The minimum atomic E-state index is -5.00. The fourth-order valence-electron chi connectivity index (χ4n) is 2.48. The van der Waals surface area contributed by atoms with Crippen molar-refractivity contribution in [3.8, 4) is 11.3 Å². The van der Waals surface area contributed by atoms with E-state index in [9.17, 15) is 22.7 Å². The second-order valence-corrected chi connectivity index (χ2v) is 5.31. The van der Waals surface area contributed by atoms with Gasteiger partial charge in [0.2, 0.25) is 5.60 Å². The van der Waals surface area contributed by atoms with E-state index in [1.54, 1.807) is 12.1 Å². The molecule has 0 bridgehead atoms. The zero-order chi connectivity index (χ0) is 17.5. The third-order valence-corrected chi connectivity index (χ3v) is 3.80. The van der Waals surface area contributed by atoms with E-state index in [1.165, 1.54) is 36.5 Å². The maximum Gasteiger partial charge on any atom is 0.425 e. The molecular weight excluding hydrogens is 326 g/mol. The molecule has 1 unspecified atom stereocenters. The van der Waals surface area contributed by atoms with Crippen molar-refractivity contribution in [3.05, 3.63) is 60.3 Å². The van der Waals surface area contributed by atoms with Crippen molar-refractivity contribution in [1.82, 2.24) is 9.38 Å². The molecule has 0 spiro atoms. The van der Waals surface area contributed by atoms with E-state index in [-0.39, 0.29) is 5.69 Å². The number of imidazole rings is 1. The van der Waals surface area contributed by atoms with Crippen molar-refractivity contribution >= 4 is 5.52 Å². The number of rotatable bonds is 3. The first kappa shape index (κ1) is 16.4. The second kappa shape index (κ2) is 5.57. The normalized spacial score (nSPS) is 14.8. The van der Waals surface area contributed by atoms with Crippen LogP contribution in [0.25, 0.3) is 16.8 Å². The smallest absolute Gasteiger partial charge is 0.373 e. The highest BCUT2D eigenvalue weighted by atomic mass is 19.4. The number of hydrogen-bond acceptors (Lipinski definition) is 3. The SMILES string of the molecule is NCC(O)(c1nc(-c2ccc(F)cc2)c2ccccn12)C(F)(F)F. The van der Waals surface area contributed by atoms with Crippen LogP contribution in [0.5, 0.6) is 0 Å². The Morgan fingerprint density at radius 1 is 1.08 bits per heavy atom. The molecule has 3 aromatic rings. The predicted octanol–water partition coefficient (Wildman–Crippen LogP) is 2.85. The number of nitrogens with two attached hydrogens (primary N) is 1. The molecule has 0 aliphatic heterocycles. The minimum Gasteiger partial charge on any atom is -0.373 e. The van der Waals surface area contributed by atoms with Gasteiger partial charge in [-0.15, -0.1) is 0 Å². The molecule has 3 rings (SSSR count). The molecule has 0 fully saturated rings. The van der Waals surface area contributed by atoms with Crippen molar-refractivity contribution in [2.75, 3.05) is 6.54 Å². The molecular formula is C16H13F4N3O. The summed E-state index contributed by atoms with van der Waals surface area (Å²) in [6, 6.07) is 9.88. The van der Waals surface area contributed by atoms with Crippen LogP contribution >= 0.6 is 0 Å². The summed E-state index contributed by atoms with van der Waals surface area (Å²) in [6.07, 6.45) is -3.64. The summed E-state index contributed by atoms with van der Waals surface area (Å²) in [5.74, 6) is -1.11. The third-order valence-electron chi connectivity index (χ3n) is 3.80.